The summed E-state index contributed by atoms with van der Waals surface area (Å²) in [4.78, 5) is 39.3. The number of hydrogen-bond donors (Lipinski definition) is 4. The molecule has 2 atom stereocenters. The number of sulfonamides is 1. The minimum absolute atomic E-state index is 0.0409. The summed E-state index contributed by atoms with van der Waals surface area (Å²) in [6.07, 6.45) is 0.0571. The van der Waals surface area contributed by atoms with Crippen molar-refractivity contribution in [2.45, 2.75) is 50.7 Å². The Morgan fingerprint density at radius 1 is 0.977 bits per heavy atom. The zero-order chi connectivity index (χ0) is 32.3. The molecule has 44 heavy (non-hydrogen) atoms. The van der Waals surface area contributed by atoms with Crippen LogP contribution in [0.3, 0.4) is 0 Å². The third-order valence-electron chi connectivity index (χ3n) is 6.89. The zero-order valence-corrected chi connectivity index (χ0v) is 27.2. The number of benzene rings is 3. The third kappa shape index (κ3) is 10.1. The molecule has 0 fully saturated rings. The molecular weight excluding hydrogens is 622 g/mol. The second-order valence-corrected chi connectivity index (χ2v) is 12.9. The molecule has 0 aromatic heterocycles. The van der Waals surface area contributed by atoms with Gasteiger partial charge in [0.2, 0.25) is 11.8 Å². The lowest BCUT2D eigenvalue weighted by Crippen LogP contribution is -2.40. The van der Waals surface area contributed by atoms with Crippen LogP contribution in [0, 0.1) is 5.92 Å². The molecule has 0 radical (unpaired) electrons. The number of aliphatic hydroxyl groups is 1. The number of thiol groups is 1. The number of rotatable bonds is 15. The van der Waals surface area contributed by atoms with Gasteiger partial charge in [0.1, 0.15) is 6.10 Å². The first kappa shape index (κ1) is 35.1. The Kier molecular flexibility index (Phi) is 13.3. The predicted molar refractivity (Wildman–Crippen MR) is 175 cm³/mol. The van der Waals surface area contributed by atoms with Crippen LogP contribution in [-0.2, 0) is 37.4 Å². The highest BCUT2D eigenvalue weighted by Gasteiger charge is 2.24. The van der Waals surface area contributed by atoms with E-state index in [1.807, 2.05) is 29.8 Å². The van der Waals surface area contributed by atoms with Gasteiger partial charge >= 0.3 is 0 Å². The standard InChI is InChI=1S/C32H38ClN3O6S2/c1-3-7-30(38)36(17-16-34-32(40)26(21-43)18-24-8-6-9-27(33)19-24)20-23-12-14-25(15-13-23)28-10-4-5-11-29(28)44(41,42)35-31(39)22(2)37/h4-6,8-15,19,22,26,37,43H,3,7,16-18,20-21H2,1-2H3,(H,34,40)(H,35,39). The molecule has 0 aliphatic rings. The molecule has 3 amide bonds. The van der Waals surface area contributed by atoms with Crippen molar-refractivity contribution >= 4 is 52.0 Å². The highest BCUT2D eigenvalue weighted by Crippen LogP contribution is 2.28. The van der Waals surface area contributed by atoms with E-state index in [1.165, 1.54) is 13.0 Å². The van der Waals surface area contributed by atoms with Gasteiger partial charge in [0.15, 0.2) is 0 Å². The lowest BCUT2D eigenvalue weighted by atomic mass is 10.0. The van der Waals surface area contributed by atoms with Crippen LogP contribution in [-0.4, -0.2) is 61.1 Å². The van der Waals surface area contributed by atoms with Crippen LogP contribution in [0.1, 0.15) is 37.8 Å². The summed E-state index contributed by atoms with van der Waals surface area (Å²) < 4.78 is 27.7. The van der Waals surface area contributed by atoms with Gasteiger partial charge in [0.25, 0.3) is 15.9 Å². The summed E-state index contributed by atoms with van der Waals surface area (Å²) in [6, 6.07) is 20.7. The maximum atomic E-state index is 12.9. The molecule has 0 saturated carbocycles. The highest BCUT2D eigenvalue weighted by atomic mass is 35.5. The van der Waals surface area contributed by atoms with Gasteiger partial charge in [-0.05, 0) is 54.7 Å². The van der Waals surface area contributed by atoms with E-state index in [4.69, 9.17) is 11.6 Å². The largest absolute Gasteiger partial charge is 0.384 e. The number of nitrogens with one attached hydrogen (secondary N) is 2. The quantitative estimate of drug-likeness (QED) is 0.181. The van der Waals surface area contributed by atoms with Crippen LogP contribution in [0.2, 0.25) is 5.02 Å². The Morgan fingerprint density at radius 2 is 1.68 bits per heavy atom. The Bertz CT molecular complexity index is 1550. The molecule has 3 aromatic rings. The smallest absolute Gasteiger partial charge is 0.264 e. The van der Waals surface area contributed by atoms with E-state index >= 15 is 0 Å². The maximum Gasteiger partial charge on any atom is 0.264 e. The molecule has 0 bridgehead atoms. The summed E-state index contributed by atoms with van der Waals surface area (Å²) in [7, 11) is -4.23. The van der Waals surface area contributed by atoms with Gasteiger partial charge < -0.3 is 15.3 Å². The Morgan fingerprint density at radius 3 is 2.32 bits per heavy atom. The van der Waals surface area contributed by atoms with Crippen molar-refractivity contribution in [1.29, 1.82) is 0 Å². The number of carbonyl (C=O) groups excluding carboxylic acids is 3. The molecule has 0 spiro atoms. The van der Waals surface area contributed by atoms with E-state index in [1.54, 1.807) is 53.4 Å². The minimum Gasteiger partial charge on any atom is -0.384 e. The fourth-order valence-electron chi connectivity index (χ4n) is 4.53. The van der Waals surface area contributed by atoms with E-state index in [2.05, 4.69) is 17.9 Å². The van der Waals surface area contributed by atoms with E-state index < -0.39 is 22.0 Å². The topological polar surface area (TPSA) is 133 Å². The van der Waals surface area contributed by atoms with Crippen LogP contribution >= 0.6 is 24.2 Å². The summed E-state index contributed by atoms with van der Waals surface area (Å²) in [5.41, 5.74) is 2.74. The molecule has 0 heterocycles. The van der Waals surface area contributed by atoms with Crippen molar-refractivity contribution < 1.29 is 27.9 Å². The van der Waals surface area contributed by atoms with Gasteiger partial charge in [-0.2, -0.15) is 12.6 Å². The van der Waals surface area contributed by atoms with Crippen LogP contribution < -0.4 is 10.0 Å². The van der Waals surface area contributed by atoms with Crippen molar-refractivity contribution in [3.8, 4) is 11.1 Å². The fraction of sp³-hybridized carbons (Fsp3) is 0.344. The highest BCUT2D eigenvalue weighted by molar-refractivity contribution is 7.90. The number of nitrogens with zero attached hydrogens (tertiary/aromatic N) is 1. The molecular formula is C32H38ClN3O6S2. The van der Waals surface area contributed by atoms with Crippen LogP contribution in [0.25, 0.3) is 11.1 Å². The molecule has 0 aliphatic heterocycles. The molecule has 12 heteroatoms. The summed E-state index contributed by atoms with van der Waals surface area (Å²) in [5.74, 6) is -1.20. The van der Waals surface area contributed by atoms with Crippen molar-refractivity contribution in [1.82, 2.24) is 14.9 Å². The van der Waals surface area contributed by atoms with Crippen molar-refractivity contribution in [3.05, 3.63) is 88.9 Å². The summed E-state index contributed by atoms with van der Waals surface area (Å²) in [6.45, 7) is 3.99. The van der Waals surface area contributed by atoms with E-state index in [0.717, 1.165) is 11.1 Å². The monoisotopic (exact) mass is 659 g/mol. The van der Waals surface area contributed by atoms with Gasteiger partial charge in [-0.3, -0.25) is 14.4 Å². The van der Waals surface area contributed by atoms with E-state index in [9.17, 15) is 27.9 Å². The predicted octanol–water partition coefficient (Wildman–Crippen LogP) is 4.23. The number of aliphatic hydroxyl groups excluding tert-OH is 1. The number of amides is 3. The average Bonchev–Trinajstić information content (AvgIpc) is 2.99. The molecule has 2 unspecified atom stereocenters. The van der Waals surface area contributed by atoms with Crippen molar-refractivity contribution in [2.75, 3.05) is 18.8 Å². The first-order chi connectivity index (χ1) is 20.9. The van der Waals surface area contributed by atoms with Gasteiger partial charge in [-0.25, -0.2) is 13.1 Å². The first-order valence-corrected chi connectivity index (χ1v) is 16.8. The Hall–Kier alpha value is -3.38. The van der Waals surface area contributed by atoms with E-state index in [0.29, 0.717) is 54.3 Å². The number of halogens is 1. The van der Waals surface area contributed by atoms with E-state index in [-0.39, 0.29) is 29.2 Å². The molecule has 3 aromatic carbocycles. The second kappa shape index (κ2) is 16.6. The average molecular weight is 660 g/mol. The Balaban J connectivity index is 1.69. The first-order valence-electron chi connectivity index (χ1n) is 14.3. The zero-order valence-electron chi connectivity index (χ0n) is 24.7. The van der Waals surface area contributed by atoms with Gasteiger partial charge in [0, 0.05) is 42.4 Å². The number of carbonyl (C=O) groups is 3. The third-order valence-corrected chi connectivity index (χ3v) is 8.97. The fourth-order valence-corrected chi connectivity index (χ4v) is 6.32. The summed E-state index contributed by atoms with van der Waals surface area (Å²) in [5, 5.41) is 13.0. The van der Waals surface area contributed by atoms with Crippen molar-refractivity contribution in [3.63, 3.8) is 0 Å². The molecule has 0 saturated heterocycles. The van der Waals surface area contributed by atoms with Crippen molar-refractivity contribution in [2.24, 2.45) is 5.92 Å². The Labute approximate surface area is 269 Å². The SMILES string of the molecule is CCCC(=O)N(CCNC(=O)C(CS)Cc1cccc(Cl)c1)Cc1ccc(-c2ccccc2S(=O)(=O)NC(=O)C(C)O)cc1. The maximum absolute atomic E-state index is 12.9. The molecule has 3 N–H and O–H groups in total. The van der Waals surface area contributed by atoms with Crippen LogP contribution in [0.4, 0.5) is 0 Å². The van der Waals surface area contributed by atoms with Gasteiger partial charge in [0.05, 0.1) is 10.8 Å². The minimum atomic E-state index is -4.23. The van der Waals surface area contributed by atoms with Gasteiger partial charge in [-0.1, -0.05) is 73.1 Å². The second-order valence-electron chi connectivity index (χ2n) is 10.4. The lowest BCUT2D eigenvalue weighted by Gasteiger charge is -2.24. The number of hydrogen-bond acceptors (Lipinski definition) is 7. The normalized spacial score (nSPS) is 12.7. The van der Waals surface area contributed by atoms with Crippen LogP contribution in [0.5, 0.6) is 0 Å². The van der Waals surface area contributed by atoms with Gasteiger partial charge in [-0.15, -0.1) is 0 Å². The molecule has 9 nitrogen and oxygen atoms in total. The van der Waals surface area contributed by atoms with Crippen LogP contribution in [0.15, 0.2) is 77.7 Å². The molecule has 236 valence electrons. The molecule has 3 rings (SSSR count). The summed E-state index contributed by atoms with van der Waals surface area (Å²) >= 11 is 10.4. The molecule has 0 aliphatic carbocycles. The lowest BCUT2D eigenvalue weighted by molar-refractivity contribution is -0.132.